The Morgan fingerprint density at radius 1 is 0.304 bits per heavy atom. The number of fused-ring (bicyclic) bond motifs is 3. The molecule has 0 saturated carbocycles. The first-order valence-electron chi connectivity index (χ1n) is 19.0. The van der Waals surface area contributed by atoms with Gasteiger partial charge < -0.3 is 4.57 Å². The summed E-state index contributed by atoms with van der Waals surface area (Å²) in [5, 5.41) is 7.84. The Hall–Kier alpha value is -7.21. The maximum Gasteiger partial charge on any atom is 0.179 e. The number of benzene rings is 8. The van der Waals surface area contributed by atoms with Gasteiger partial charge in [0.2, 0.25) is 0 Å². The van der Waals surface area contributed by atoms with Crippen molar-refractivity contribution in [3.05, 3.63) is 218 Å². The summed E-state index contributed by atoms with van der Waals surface area (Å²) in [5.74, 6) is 1.94. The summed E-state index contributed by atoms with van der Waals surface area (Å²) in [6.07, 6.45) is 0. The van der Waals surface area contributed by atoms with Gasteiger partial charge in [-0.2, -0.15) is 0 Å². The first kappa shape index (κ1) is 33.4. The van der Waals surface area contributed by atoms with E-state index in [-0.39, 0.29) is 0 Å². The van der Waals surface area contributed by atoms with Gasteiger partial charge in [0.15, 0.2) is 25.5 Å². The number of para-hydroxylation sites is 1. The molecule has 0 fully saturated rings. The Bertz CT molecular complexity index is 2780. The Balaban J connectivity index is 1.17. The van der Waals surface area contributed by atoms with Crippen molar-refractivity contribution < 1.29 is 0 Å². The first-order valence-corrected chi connectivity index (χ1v) is 21.0. The molecule has 2 aromatic heterocycles. The van der Waals surface area contributed by atoms with Gasteiger partial charge in [-0.15, -0.1) is 0 Å². The summed E-state index contributed by atoms with van der Waals surface area (Å²) in [6.45, 7) is 0. The molecule has 0 N–H and O–H groups in total. The van der Waals surface area contributed by atoms with E-state index in [1.54, 1.807) is 0 Å². The van der Waals surface area contributed by atoms with Crippen molar-refractivity contribution in [2.24, 2.45) is 0 Å². The first-order chi connectivity index (χ1) is 27.8. The van der Waals surface area contributed by atoms with Crippen molar-refractivity contribution in [2.45, 2.75) is 0 Å². The molecule has 0 radical (unpaired) electrons. The molecular weight excluding hydrogens is 697 g/mol. The van der Waals surface area contributed by atoms with Crippen LogP contribution in [-0.2, 0) is 0 Å². The molecule has 0 aliphatic carbocycles. The smallest absolute Gasteiger partial charge is 0.179 e. The molecule has 10 rings (SSSR count). The molecule has 264 valence electrons. The van der Waals surface area contributed by atoms with Crippen molar-refractivity contribution in [1.29, 1.82) is 0 Å². The van der Waals surface area contributed by atoms with Crippen LogP contribution in [0.25, 0.3) is 61.7 Å². The second kappa shape index (κ2) is 14.2. The molecule has 0 atom stereocenters. The summed E-state index contributed by atoms with van der Waals surface area (Å²) in [6, 6.07) is 78.1. The fourth-order valence-corrected chi connectivity index (χ4v) is 13.0. The molecule has 0 amide bonds. The van der Waals surface area contributed by atoms with Crippen LogP contribution < -0.4 is 20.7 Å². The van der Waals surface area contributed by atoms with Crippen molar-refractivity contribution in [3.8, 4) is 39.9 Å². The average Bonchev–Trinajstić information content (AvgIpc) is 3.62. The summed E-state index contributed by atoms with van der Waals surface area (Å²) < 4.78 is 2.41. The summed E-state index contributed by atoms with van der Waals surface area (Å²) >= 11 is 0. The minimum absolute atomic E-state index is 0.637. The fraction of sp³-hybridized carbons (Fsp3) is 0. The lowest BCUT2D eigenvalue weighted by Crippen LogP contribution is -2.74. The molecular formula is C51H36N4Si. The monoisotopic (exact) mass is 732 g/mol. The Morgan fingerprint density at radius 3 is 1.18 bits per heavy atom. The zero-order chi connectivity index (χ0) is 37.3. The Kier molecular flexibility index (Phi) is 8.47. The van der Waals surface area contributed by atoms with Gasteiger partial charge in [0.1, 0.15) is 0 Å². The standard InChI is InChI=1S/C51H36N4Si/c1-6-18-37(19-7-1)49-52-50(38-20-8-2-9-21-38)54-51(53-49)39-30-32-40(33-31-39)55-47-29-17-16-28-45(47)46-35-34-44(36-48(46)55)56(41-22-10-3-11-23-41,42-24-12-4-13-25-42)43-26-14-5-15-27-43/h1-36H. The summed E-state index contributed by atoms with van der Waals surface area (Å²) in [7, 11) is -2.75. The van der Waals surface area contributed by atoms with Crippen LogP contribution in [0.15, 0.2) is 218 Å². The maximum atomic E-state index is 4.99. The lowest BCUT2D eigenvalue weighted by atomic mass is 10.1. The second-order valence-corrected chi connectivity index (χ2v) is 17.8. The molecule has 0 unspecified atom stereocenters. The average molecular weight is 733 g/mol. The van der Waals surface area contributed by atoms with E-state index in [9.17, 15) is 0 Å². The van der Waals surface area contributed by atoms with E-state index in [0.29, 0.717) is 17.5 Å². The SMILES string of the molecule is c1ccc(-c2nc(-c3ccccc3)nc(-c3ccc(-n4c5ccccc5c5ccc([Si](c6ccccc6)(c6ccccc6)c6ccccc6)cc54)cc3)n2)cc1. The summed E-state index contributed by atoms with van der Waals surface area (Å²) in [4.78, 5) is 14.9. The quantitative estimate of drug-likeness (QED) is 0.116. The highest BCUT2D eigenvalue weighted by Gasteiger charge is 2.41. The largest absolute Gasteiger partial charge is 0.309 e. The lowest BCUT2D eigenvalue weighted by Gasteiger charge is -2.34. The van der Waals surface area contributed by atoms with Gasteiger partial charge in [0.05, 0.1) is 11.0 Å². The predicted molar refractivity (Wildman–Crippen MR) is 234 cm³/mol. The van der Waals surface area contributed by atoms with Crippen LogP contribution in [0.4, 0.5) is 0 Å². The highest BCUT2D eigenvalue weighted by Crippen LogP contribution is 2.33. The molecule has 4 nitrogen and oxygen atoms in total. The van der Waals surface area contributed by atoms with E-state index in [1.165, 1.54) is 37.0 Å². The number of rotatable bonds is 8. The van der Waals surface area contributed by atoms with E-state index in [1.807, 2.05) is 60.7 Å². The molecule has 10 aromatic rings. The van der Waals surface area contributed by atoms with E-state index >= 15 is 0 Å². The van der Waals surface area contributed by atoms with Crippen LogP contribution >= 0.6 is 0 Å². The fourth-order valence-electron chi connectivity index (χ4n) is 8.24. The molecule has 0 aliphatic rings. The predicted octanol–water partition coefficient (Wildman–Crippen LogP) is 9.35. The van der Waals surface area contributed by atoms with E-state index in [2.05, 4.69) is 162 Å². The minimum Gasteiger partial charge on any atom is -0.309 e. The zero-order valence-electron chi connectivity index (χ0n) is 30.6. The van der Waals surface area contributed by atoms with E-state index < -0.39 is 8.07 Å². The van der Waals surface area contributed by atoms with Gasteiger partial charge >= 0.3 is 0 Å². The third-order valence-corrected chi connectivity index (χ3v) is 15.6. The van der Waals surface area contributed by atoms with Gasteiger partial charge in [-0.25, -0.2) is 15.0 Å². The normalized spacial score (nSPS) is 11.6. The van der Waals surface area contributed by atoms with Crippen LogP contribution in [0.5, 0.6) is 0 Å². The molecule has 0 bridgehead atoms. The summed E-state index contributed by atoms with van der Waals surface area (Å²) in [5.41, 5.74) is 6.24. The molecule has 2 heterocycles. The highest BCUT2D eigenvalue weighted by molar-refractivity contribution is 7.20. The molecule has 0 spiro atoms. The maximum absolute atomic E-state index is 4.99. The number of aromatic nitrogens is 4. The third-order valence-electron chi connectivity index (χ3n) is 10.8. The van der Waals surface area contributed by atoms with Crippen molar-refractivity contribution in [1.82, 2.24) is 19.5 Å². The van der Waals surface area contributed by atoms with Crippen molar-refractivity contribution >= 4 is 50.6 Å². The Labute approximate surface area is 327 Å². The van der Waals surface area contributed by atoms with Gasteiger partial charge in [-0.1, -0.05) is 182 Å². The highest BCUT2D eigenvalue weighted by atomic mass is 28.3. The molecule has 0 aliphatic heterocycles. The van der Waals surface area contributed by atoms with E-state index in [4.69, 9.17) is 15.0 Å². The topological polar surface area (TPSA) is 43.6 Å². The number of nitrogens with zero attached hydrogens (tertiary/aromatic N) is 4. The number of hydrogen-bond donors (Lipinski definition) is 0. The van der Waals surface area contributed by atoms with Crippen LogP contribution in [0.2, 0.25) is 0 Å². The van der Waals surface area contributed by atoms with Crippen molar-refractivity contribution in [2.75, 3.05) is 0 Å². The molecule has 56 heavy (non-hydrogen) atoms. The number of hydrogen-bond acceptors (Lipinski definition) is 3. The van der Waals surface area contributed by atoms with Crippen LogP contribution in [0.1, 0.15) is 0 Å². The van der Waals surface area contributed by atoms with Gasteiger partial charge in [0.25, 0.3) is 0 Å². The zero-order valence-corrected chi connectivity index (χ0v) is 31.6. The Morgan fingerprint density at radius 2 is 0.696 bits per heavy atom. The van der Waals surface area contributed by atoms with E-state index in [0.717, 1.165) is 27.9 Å². The molecule has 0 saturated heterocycles. The second-order valence-electron chi connectivity index (χ2n) is 14.0. The van der Waals surface area contributed by atoms with Gasteiger partial charge in [-0.3, -0.25) is 0 Å². The van der Waals surface area contributed by atoms with Crippen LogP contribution in [0.3, 0.4) is 0 Å². The van der Waals surface area contributed by atoms with Gasteiger partial charge in [-0.05, 0) is 57.1 Å². The lowest BCUT2D eigenvalue weighted by molar-refractivity contribution is 1.07. The molecule has 8 aromatic carbocycles. The third kappa shape index (κ3) is 5.73. The minimum atomic E-state index is -2.75. The van der Waals surface area contributed by atoms with Crippen molar-refractivity contribution in [3.63, 3.8) is 0 Å². The van der Waals surface area contributed by atoms with Crippen LogP contribution in [0, 0.1) is 0 Å². The van der Waals surface area contributed by atoms with Gasteiger partial charge in [0, 0.05) is 33.2 Å². The van der Waals surface area contributed by atoms with Crippen LogP contribution in [-0.4, -0.2) is 27.6 Å². The molecule has 5 heteroatoms.